The van der Waals surface area contributed by atoms with Gasteiger partial charge in [0.1, 0.15) is 11.6 Å². The fraction of sp³-hybridized carbons (Fsp3) is 0.152. The lowest BCUT2D eigenvalue weighted by atomic mass is 10.0. The molecule has 9 heteroatoms. The van der Waals surface area contributed by atoms with Gasteiger partial charge >= 0.3 is 0 Å². The van der Waals surface area contributed by atoms with Crippen molar-refractivity contribution in [3.05, 3.63) is 114 Å². The summed E-state index contributed by atoms with van der Waals surface area (Å²) in [4.78, 5) is 30.4. The van der Waals surface area contributed by atoms with Gasteiger partial charge in [-0.15, -0.1) is 0 Å². The first-order valence-electron chi connectivity index (χ1n) is 14.0. The molecule has 0 aliphatic heterocycles. The van der Waals surface area contributed by atoms with Crippen molar-refractivity contribution in [2.45, 2.75) is 19.3 Å². The second kappa shape index (κ2) is 10.2. The molecule has 0 radical (unpaired) electrons. The Morgan fingerprint density at radius 3 is 2.71 bits per heavy atom. The van der Waals surface area contributed by atoms with Crippen LogP contribution in [0.5, 0.6) is 0 Å². The first kappa shape index (κ1) is 25.5. The first-order chi connectivity index (χ1) is 20.5. The molecule has 0 aliphatic carbocycles. The van der Waals surface area contributed by atoms with Crippen molar-refractivity contribution in [3.8, 4) is 5.69 Å². The molecule has 0 saturated carbocycles. The van der Waals surface area contributed by atoms with Gasteiger partial charge in [-0.3, -0.25) is 9.36 Å². The van der Waals surface area contributed by atoms with Gasteiger partial charge in [0.15, 0.2) is 0 Å². The molecule has 42 heavy (non-hydrogen) atoms. The Balaban J connectivity index is 1.10. The lowest BCUT2D eigenvalue weighted by Crippen LogP contribution is -2.25. The Morgan fingerprint density at radius 1 is 1.00 bits per heavy atom. The predicted octanol–water partition coefficient (Wildman–Crippen LogP) is 5.50. The number of hydrogen-bond acceptors (Lipinski definition) is 5. The van der Waals surface area contributed by atoms with E-state index in [0.717, 1.165) is 45.8 Å². The van der Waals surface area contributed by atoms with E-state index in [9.17, 15) is 4.79 Å². The van der Waals surface area contributed by atoms with Gasteiger partial charge in [-0.25, -0.2) is 15.0 Å². The van der Waals surface area contributed by atoms with Crippen molar-refractivity contribution in [2.75, 3.05) is 12.3 Å². The summed E-state index contributed by atoms with van der Waals surface area (Å²) < 4.78 is 3.86. The highest BCUT2D eigenvalue weighted by atomic mass is 16.1. The number of nitrogens with two attached hydrogens (primary N) is 1. The Hall–Kier alpha value is -5.44. The van der Waals surface area contributed by atoms with Crippen molar-refractivity contribution in [1.82, 2.24) is 34.4 Å². The molecule has 0 fully saturated rings. The summed E-state index contributed by atoms with van der Waals surface area (Å²) in [6.07, 6.45) is 4.26. The van der Waals surface area contributed by atoms with Crippen LogP contribution in [0.1, 0.15) is 40.4 Å². The largest absolute Gasteiger partial charge is 0.369 e. The van der Waals surface area contributed by atoms with E-state index in [0.29, 0.717) is 18.1 Å². The zero-order valence-corrected chi connectivity index (χ0v) is 23.4. The molecule has 208 valence electrons. The number of hydrogen-bond donors (Lipinski definition) is 3. The number of aromatic nitrogens is 6. The van der Waals surface area contributed by atoms with Crippen LogP contribution in [0.25, 0.3) is 38.5 Å². The maximum absolute atomic E-state index is 13.1. The highest BCUT2D eigenvalue weighted by molar-refractivity contribution is 5.97. The minimum absolute atomic E-state index is 0.0976. The molecule has 7 rings (SSSR count). The summed E-state index contributed by atoms with van der Waals surface area (Å²) in [5.74, 6) is 1.90. The fourth-order valence-corrected chi connectivity index (χ4v) is 5.68. The zero-order chi connectivity index (χ0) is 28.8. The monoisotopic (exact) mass is 554 g/mol. The number of rotatable bonds is 7. The Kier molecular flexibility index (Phi) is 6.19. The van der Waals surface area contributed by atoms with Crippen LogP contribution >= 0.6 is 0 Å². The average Bonchev–Trinajstić information content (AvgIpc) is 3.73. The van der Waals surface area contributed by atoms with Gasteiger partial charge in [0.25, 0.3) is 5.91 Å². The molecule has 3 heterocycles. The van der Waals surface area contributed by atoms with Crippen LogP contribution < -0.4 is 11.1 Å². The number of aromatic amines is 1. The molecular weight excluding hydrogens is 524 g/mol. The molecule has 3 aromatic heterocycles. The summed E-state index contributed by atoms with van der Waals surface area (Å²) in [6.45, 7) is 2.63. The number of carbonyl (C=O) groups excluding carboxylic acids is 1. The minimum atomic E-state index is -0.102. The Labute approximate surface area is 242 Å². The molecule has 1 unspecified atom stereocenters. The topological polar surface area (TPSA) is 119 Å². The number of nitrogens with one attached hydrogen (secondary N) is 2. The van der Waals surface area contributed by atoms with Crippen molar-refractivity contribution in [2.24, 2.45) is 7.05 Å². The summed E-state index contributed by atoms with van der Waals surface area (Å²) in [5.41, 5.74) is 12.2. The number of nitrogen functional groups attached to an aromatic ring is 1. The molecule has 4 aromatic carbocycles. The summed E-state index contributed by atoms with van der Waals surface area (Å²) in [6, 6.07) is 26.2. The smallest absolute Gasteiger partial charge is 0.251 e. The molecule has 4 N–H and O–H groups in total. The van der Waals surface area contributed by atoms with Crippen LogP contribution in [-0.2, 0) is 13.5 Å². The van der Waals surface area contributed by atoms with Crippen molar-refractivity contribution in [3.63, 3.8) is 0 Å². The molecular formula is C33H30N8O. The van der Waals surface area contributed by atoms with Gasteiger partial charge in [-0.1, -0.05) is 42.5 Å². The van der Waals surface area contributed by atoms with E-state index >= 15 is 0 Å². The van der Waals surface area contributed by atoms with E-state index in [1.165, 1.54) is 16.3 Å². The number of imidazole rings is 3. The van der Waals surface area contributed by atoms with Crippen LogP contribution in [0, 0.1) is 0 Å². The maximum Gasteiger partial charge on any atom is 0.251 e. The lowest BCUT2D eigenvalue weighted by molar-refractivity contribution is 0.0954. The third-order valence-electron chi connectivity index (χ3n) is 7.97. The molecule has 1 atom stereocenters. The second-order valence-corrected chi connectivity index (χ2v) is 10.6. The highest BCUT2D eigenvalue weighted by Gasteiger charge is 2.21. The summed E-state index contributed by atoms with van der Waals surface area (Å²) >= 11 is 0. The van der Waals surface area contributed by atoms with E-state index in [1.54, 1.807) is 6.20 Å². The molecule has 7 aromatic rings. The summed E-state index contributed by atoms with van der Waals surface area (Å²) in [5, 5.41) is 5.52. The number of benzene rings is 4. The first-order valence-corrected chi connectivity index (χ1v) is 14.0. The number of H-pyrrole nitrogens is 1. The van der Waals surface area contributed by atoms with E-state index in [1.807, 2.05) is 70.9 Å². The number of carbonyl (C=O) groups is 1. The average molecular weight is 555 g/mol. The molecule has 0 bridgehead atoms. The van der Waals surface area contributed by atoms with Gasteiger partial charge < -0.3 is 20.6 Å². The van der Waals surface area contributed by atoms with Gasteiger partial charge in [-0.05, 0) is 66.1 Å². The van der Waals surface area contributed by atoms with Crippen LogP contribution in [0.4, 0.5) is 5.95 Å². The number of amides is 1. The van der Waals surface area contributed by atoms with E-state index < -0.39 is 0 Å². The van der Waals surface area contributed by atoms with Crippen LogP contribution in [0.2, 0.25) is 0 Å². The third kappa shape index (κ3) is 4.45. The van der Waals surface area contributed by atoms with Gasteiger partial charge in [-0.2, -0.15) is 0 Å². The Morgan fingerprint density at radius 2 is 1.86 bits per heavy atom. The SMILES string of the molecule is CC(c1nc2cc(-n3ccnc3N)ccc2[nH]1)c1nc2ccc(C(=O)NCCc3cccc4ccccc34)cc2n1C. The maximum atomic E-state index is 13.1. The summed E-state index contributed by atoms with van der Waals surface area (Å²) in [7, 11) is 1.98. The quantitative estimate of drug-likeness (QED) is 0.241. The van der Waals surface area contributed by atoms with Crippen LogP contribution in [-0.4, -0.2) is 41.5 Å². The number of nitrogens with zero attached hydrogens (tertiary/aromatic N) is 5. The number of aryl methyl sites for hydroxylation is 1. The standard InChI is InChI=1S/C33H30N8O/c1-20(30-37-26-13-11-24(19-28(26)38-30)41-17-16-36-33(41)34)31-39-27-12-10-23(18-29(27)40(31)2)32(42)35-15-14-22-8-5-7-21-6-3-4-9-25(21)22/h3-13,16-20H,14-15H2,1-2H3,(H2,34,36)(H,35,42)(H,37,38). The minimum Gasteiger partial charge on any atom is -0.369 e. The van der Waals surface area contributed by atoms with E-state index in [-0.39, 0.29) is 11.8 Å². The van der Waals surface area contributed by atoms with Crippen molar-refractivity contribution < 1.29 is 4.79 Å². The van der Waals surface area contributed by atoms with Crippen molar-refractivity contribution >= 4 is 44.7 Å². The predicted molar refractivity (Wildman–Crippen MR) is 166 cm³/mol. The molecule has 0 spiro atoms. The molecule has 9 nitrogen and oxygen atoms in total. The number of fused-ring (bicyclic) bond motifs is 3. The third-order valence-corrected chi connectivity index (χ3v) is 7.97. The number of anilines is 1. The lowest BCUT2D eigenvalue weighted by Gasteiger charge is -2.09. The van der Waals surface area contributed by atoms with Crippen LogP contribution in [0.15, 0.2) is 91.3 Å². The van der Waals surface area contributed by atoms with Gasteiger partial charge in [0.2, 0.25) is 5.95 Å². The Bertz CT molecular complexity index is 2100. The van der Waals surface area contributed by atoms with Crippen molar-refractivity contribution in [1.29, 1.82) is 0 Å². The molecule has 0 aliphatic rings. The van der Waals surface area contributed by atoms with E-state index in [4.69, 9.17) is 15.7 Å². The zero-order valence-electron chi connectivity index (χ0n) is 23.4. The van der Waals surface area contributed by atoms with Gasteiger partial charge in [0.05, 0.1) is 33.7 Å². The highest BCUT2D eigenvalue weighted by Crippen LogP contribution is 2.28. The molecule has 0 saturated heterocycles. The normalized spacial score (nSPS) is 12.3. The second-order valence-electron chi connectivity index (χ2n) is 10.6. The molecule has 1 amide bonds. The van der Waals surface area contributed by atoms with Gasteiger partial charge in [0, 0.05) is 31.5 Å². The fourth-order valence-electron chi connectivity index (χ4n) is 5.68. The van der Waals surface area contributed by atoms with E-state index in [2.05, 4.69) is 52.5 Å². The van der Waals surface area contributed by atoms with Crippen LogP contribution in [0.3, 0.4) is 0 Å².